The van der Waals surface area contributed by atoms with Gasteiger partial charge >= 0.3 is 0 Å². The molecule has 1 heterocycles. The summed E-state index contributed by atoms with van der Waals surface area (Å²) in [4.78, 5) is 27.4. The van der Waals surface area contributed by atoms with E-state index < -0.39 is 17.7 Å². The van der Waals surface area contributed by atoms with Crippen molar-refractivity contribution in [1.29, 1.82) is 0 Å². The Morgan fingerprint density at radius 2 is 1.68 bits per heavy atom. The third-order valence-corrected chi connectivity index (χ3v) is 5.57. The minimum atomic E-state index is -0.677. The molecule has 1 fully saturated rings. The molecule has 1 saturated heterocycles. The zero-order valence-corrected chi connectivity index (χ0v) is 18.4. The topological polar surface area (TPSA) is 76.1 Å². The molecule has 31 heavy (non-hydrogen) atoms. The van der Waals surface area contributed by atoms with Crippen LogP contribution in [0.5, 0.6) is 5.75 Å². The van der Waals surface area contributed by atoms with Gasteiger partial charge in [0, 0.05) is 25.8 Å². The van der Waals surface area contributed by atoms with E-state index >= 15 is 0 Å². The second-order valence-electron chi connectivity index (χ2n) is 7.89. The van der Waals surface area contributed by atoms with E-state index in [0.717, 1.165) is 11.1 Å². The van der Waals surface area contributed by atoms with Gasteiger partial charge in [-0.05, 0) is 47.7 Å². The molecule has 1 aliphatic heterocycles. The number of amides is 1. The van der Waals surface area contributed by atoms with Gasteiger partial charge in [0.25, 0.3) is 11.7 Å². The zero-order valence-electron chi connectivity index (χ0n) is 18.4. The molecule has 2 aromatic carbocycles. The summed E-state index contributed by atoms with van der Waals surface area (Å²) in [6.07, 6.45) is 0.590. The first-order chi connectivity index (χ1) is 14.9. The SMILES string of the molecule is COCCCN1C(=O)C(=O)C(=C(O)c2ccc(OC)cc2)C1c1ccc(C(C)C)cc1. The molecule has 1 aliphatic rings. The lowest BCUT2D eigenvalue weighted by Crippen LogP contribution is -2.31. The lowest BCUT2D eigenvalue weighted by Gasteiger charge is -2.25. The number of carbonyl (C=O) groups is 2. The highest BCUT2D eigenvalue weighted by Gasteiger charge is 2.45. The summed E-state index contributed by atoms with van der Waals surface area (Å²) >= 11 is 0. The van der Waals surface area contributed by atoms with Crippen molar-refractivity contribution in [3.8, 4) is 5.75 Å². The van der Waals surface area contributed by atoms with Crippen molar-refractivity contribution in [1.82, 2.24) is 4.90 Å². The Bertz CT molecular complexity index is 960. The maximum absolute atomic E-state index is 13.0. The smallest absolute Gasteiger partial charge is 0.295 e. The number of nitrogens with zero attached hydrogens (tertiary/aromatic N) is 1. The number of ketones is 1. The zero-order chi connectivity index (χ0) is 22.5. The van der Waals surface area contributed by atoms with Crippen LogP contribution in [0.2, 0.25) is 0 Å². The Morgan fingerprint density at radius 3 is 2.23 bits per heavy atom. The van der Waals surface area contributed by atoms with E-state index in [2.05, 4.69) is 13.8 Å². The second kappa shape index (κ2) is 9.79. The first kappa shape index (κ1) is 22.6. The molecule has 0 saturated carbocycles. The van der Waals surface area contributed by atoms with Crippen molar-refractivity contribution in [2.24, 2.45) is 0 Å². The van der Waals surface area contributed by atoms with Gasteiger partial charge in [-0.15, -0.1) is 0 Å². The predicted octanol–water partition coefficient (Wildman–Crippen LogP) is 4.28. The Balaban J connectivity index is 2.09. The normalized spacial score (nSPS) is 18.1. The molecule has 0 radical (unpaired) electrons. The number of benzene rings is 2. The van der Waals surface area contributed by atoms with Crippen LogP contribution in [-0.4, -0.2) is 49.1 Å². The summed E-state index contributed by atoms with van der Waals surface area (Å²) in [7, 11) is 3.15. The number of Topliss-reactive ketones (excluding diaryl/α,β-unsaturated/α-hetero) is 1. The van der Waals surface area contributed by atoms with Crippen molar-refractivity contribution < 1.29 is 24.2 Å². The highest BCUT2D eigenvalue weighted by molar-refractivity contribution is 6.46. The van der Waals surface area contributed by atoms with Gasteiger partial charge in [0.05, 0.1) is 18.7 Å². The molecule has 164 valence electrons. The van der Waals surface area contributed by atoms with Crippen molar-refractivity contribution in [3.05, 3.63) is 70.8 Å². The molecule has 1 N–H and O–H groups in total. The third kappa shape index (κ3) is 4.64. The third-order valence-electron chi connectivity index (χ3n) is 5.57. The minimum Gasteiger partial charge on any atom is -0.507 e. The molecule has 0 bridgehead atoms. The van der Waals surface area contributed by atoms with Gasteiger partial charge in [0.15, 0.2) is 0 Å². The number of ether oxygens (including phenoxy) is 2. The summed E-state index contributed by atoms with van der Waals surface area (Å²) in [6, 6.07) is 14.0. The molecule has 0 aromatic heterocycles. The van der Waals surface area contributed by atoms with Gasteiger partial charge < -0.3 is 19.5 Å². The number of likely N-dealkylation sites (tertiary alicyclic amines) is 1. The van der Waals surface area contributed by atoms with Crippen molar-refractivity contribution in [2.75, 3.05) is 27.4 Å². The number of aliphatic hydroxyl groups excluding tert-OH is 1. The van der Waals surface area contributed by atoms with Crippen LogP contribution in [0, 0.1) is 0 Å². The van der Waals surface area contributed by atoms with Gasteiger partial charge in [-0.25, -0.2) is 0 Å². The van der Waals surface area contributed by atoms with E-state index in [9.17, 15) is 14.7 Å². The summed E-state index contributed by atoms with van der Waals surface area (Å²) < 4.78 is 10.3. The van der Waals surface area contributed by atoms with Crippen LogP contribution in [-0.2, 0) is 14.3 Å². The fourth-order valence-electron chi connectivity index (χ4n) is 3.80. The highest BCUT2D eigenvalue weighted by atomic mass is 16.5. The van der Waals surface area contributed by atoms with Gasteiger partial charge in [-0.3, -0.25) is 9.59 Å². The molecule has 3 rings (SSSR count). The molecule has 0 aliphatic carbocycles. The molecular weight excluding hydrogens is 394 g/mol. The molecule has 0 spiro atoms. The largest absolute Gasteiger partial charge is 0.507 e. The monoisotopic (exact) mass is 423 g/mol. The standard InChI is InChI=1S/C25H29NO5/c1-16(2)17-6-8-18(9-7-17)22-21(23(27)19-10-12-20(31-4)13-11-19)24(28)25(29)26(22)14-5-15-30-3/h6-13,16,22,27H,5,14-15H2,1-4H3. The Hall–Kier alpha value is -3.12. The number of hydrogen-bond donors (Lipinski definition) is 1. The van der Waals surface area contributed by atoms with Crippen LogP contribution >= 0.6 is 0 Å². The van der Waals surface area contributed by atoms with E-state index in [1.165, 1.54) is 4.90 Å². The molecule has 6 nitrogen and oxygen atoms in total. The van der Waals surface area contributed by atoms with Gasteiger partial charge in [0.1, 0.15) is 11.5 Å². The molecule has 1 atom stereocenters. The molecule has 6 heteroatoms. The van der Waals surface area contributed by atoms with Gasteiger partial charge in [-0.2, -0.15) is 0 Å². The van der Waals surface area contributed by atoms with Crippen LogP contribution < -0.4 is 4.74 Å². The fourth-order valence-corrected chi connectivity index (χ4v) is 3.80. The van der Waals surface area contributed by atoms with Crippen LogP contribution in [0.3, 0.4) is 0 Å². The molecular formula is C25H29NO5. The van der Waals surface area contributed by atoms with Gasteiger partial charge in [-0.1, -0.05) is 38.1 Å². The van der Waals surface area contributed by atoms with E-state index in [1.807, 2.05) is 24.3 Å². The number of hydrogen-bond acceptors (Lipinski definition) is 5. The average Bonchev–Trinajstić information content (AvgIpc) is 3.04. The minimum absolute atomic E-state index is 0.102. The average molecular weight is 424 g/mol. The molecule has 2 aromatic rings. The van der Waals surface area contributed by atoms with E-state index in [0.29, 0.717) is 36.8 Å². The first-order valence-corrected chi connectivity index (χ1v) is 10.4. The predicted molar refractivity (Wildman–Crippen MR) is 119 cm³/mol. The molecule has 1 unspecified atom stereocenters. The van der Waals surface area contributed by atoms with Crippen molar-refractivity contribution in [3.63, 3.8) is 0 Å². The Labute approximate surface area is 183 Å². The quantitative estimate of drug-likeness (QED) is 0.297. The molecule has 1 amide bonds. The van der Waals surface area contributed by atoms with Crippen LogP contribution in [0.15, 0.2) is 54.1 Å². The van der Waals surface area contributed by atoms with Gasteiger partial charge in [0.2, 0.25) is 0 Å². The summed E-state index contributed by atoms with van der Waals surface area (Å²) in [6.45, 7) is 5.04. The van der Waals surface area contributed by atoms with E-state index in [4.69, 9.17) is 9.47 Å². The Morgan fingerprint density at radius 1 is 1.03 bits per heavy atom. The van der Waals surface area contributed by atoms with Crippen LogP contribution in [0.1, 0.15) is 48.9 Å². The second-order valence-corrected chi connectivity index (χ2v) is 7.89. The maximum atomic E-state index is 13.0. The number of rotatable bonds is 8. The van der Waals surface area contributed by atoms with Crippen molar-refractivity contribution in [2.45, 2.75) is 32.2 Å². The summed E-state index contributed by atoms with van der Waals surface area (Å²) in [5.41, 5.74) is 2.51. The number of aliphatic hydroxyl groups is 1. The first-order valence-electron chi connectivity index (χ1n) is 10.4. The summed E-state index contributed by atoms with van der Waals surface area (Å²) in [5.74, 6) is -0.472. The maximum Gasteiger partial charge on any atom is 0.295 e. The summed E-state index contributed by atoms with van der Waals surface area (Å²) in [5, 5.41) is 11.1. The van der Waals surface area contributed by atoms with Crippen molar-refractivity contribution >= 4 is 17.4 Å². The highest BCUT2D eigenvalue weighted by Crippen LogP contribution is 2.40. The number of carbonyl (C=O) groups excluding carboxylic acids is 2. The Kier molecular flexibility index (Phi) is 7.13. The fraction of sp³-hybridized carbons (Fsp3) is 0.360. The lowest BCUT2D eigenvalue weighted by molar-refractivity contribution is -0.140. The van der Waals surface area contributed by atoms with Crippen LogP contribution in [0.4, 0.5) is 0 Å². The lowest BCUT2D eigenvalue weighted by atomic mass is 9.93. The number of methoxy groups -OCH3 is 2. The van der Waals surface area contributed by atoms with E-state index in [1.54, 1.807) is 38.5 Å². The van der Waals surface area contributed by atoms with Crippen LogP contribution in [0.25, 0.3) is 5.76 Å². The van der Waals surface area contributed by atoms with E-state index in [-0.39, 0.29) is 11.3 Å².